The number of benzene rings is 2. The Morgan fingerprint density at radius 1 is 1.19 bits per heavy atom. The van der Waals surface area contributed by atoms with E-state index >= 15 is 0 Å². The summed E-state index contributed by atoms with van der Waals surface area (Å²) < 4.78 is 1.84. The molecule has 27 heavy (non-hydrogen) atoms. The smallest absolute Gasteiger partial charge is 0.217 e. The third kappa shape index (κ3) is 4.83. The second-order valence-corrected chi connectivity index (χ2v) is 7.74. The molecule has 5 nitrogen and oxygen atoms in total. The number of amides is 1. The van der Waals surface area contributed by atoms with Crippen LogP contribution in [0.3, 0.4) is 0 Å². The SMILES string of the molecule is CC(=O)NCc1nnc(SCc2ccccc2C)n1-c1cc(Cl)ccc1Cl. The highest BCUT2D eigenvalue weighted by Crippen LogP contribution is 2.31. The Morgan fingerprint density at radius 2 is 1.96 bits per heavy atom. The fourth-order valence-electron chi connectivity index (χ4n) is 2.53. The van der Waals surface area contributed by atoms with Crippen LogP contribution in [-0.2, 0) is 17.1 Å². The number of nitrogens with zero attached hydrogens (tertiary/aromatic N) is 3. The summed E-state index contributed by atoms with van der Waals surface area (Å²) in [6, 6.07) is 13.4. The highest BCUT2D eigenvalue weighted by molar-refractivity contribution is 7.98. The van der Waals surface area contributed by atoms with Crippen LogP contribution in [0.5, 0.6) is 0 Å². The van der Waals surface area contributed by atoms with Gasteiger partial charge in [0.1, 0.15) is 0 Å². The van der Waals surface area contributed by atoms with Gasteiger partial charge in [-0.25, -0.2) is 0 Å². The van der Waals surface area contributed by atoms with E-state index in [1.54, 1.807) is 30.0 Å². The maximum absolute atomic E-state index is 11.3. The molecule has 0 saturated carbocycles. The first-order chi connectivity index (χ1) is 13.0. The van der Waals surface area contributed by atoms with Gasteiger partial charge in [0.2, 0.25) is 5.91 Å². The van der Waals surface area contributed by atoms with Crippen molar-refractivity contribution in [3.63, 3.8) is 0 Å². The number of rotatable bonds is 6. The number of carbonyl (C=O) groups is 1. The quantitative estimate of drug-likeness (QED) is 0.581. The molecule has 140 valence electrons. The lowest BCUT2D eigenvalue weighted by molar-refractivity contribution is -0.119. The van der Waals surface area contributed by atoms with Crippen molar-refractivity contribution in [2.45, 2.75) is 31.3 Å². The molecule has 0 spiro atoms. The Kier molecular flexibility index (Phi) is 6.42. The minimum absolute atomic E-state index is 0.143. The molecule has 2 aromatic carbocycles. The Morgan fingerprint density at radius 3 is 2.70 bits per heavy atom. The van der Waals surface area contributed by atoms with Gasteiger partial charge in [0, 0.05) is 17.7 Å². The lowest BCUT2D eigenvalue weighted by atomic mass is 10.1. The van der Waals surface area contributed by atoms with E-state index < -0.39 is 0 Å². The van der Waals surface area contributed by atoms with E-state index in [1.807, 2.05) is 16.7 Å². The summed E-state index contributed by atoms with van der Waals surface area (Å²) >= 11 is 14.1. The molecule has 3 rings (SSSR count). The minimum Gasteiger partial charge on any atom is -0.349 e. The highest BCUT2D eigenvalue weighted by Gasteiger charge is 2.17. The van der Waals surface area contributed by atoms with Crippen LogP contribution < -0.4 is 5.32 Å². The standard InChI is InChI=1S/C19H18Cl2N4OS/c1-12-5-3-4-6-14(12)11-27-19-24-23-18(10-22-13(2)26)25(19)17-9-15(20)7-8-16(17)21/h3-9H,10-11H2,1-2H3,(H,22,26). The van der Waals surface area contributed by atoms with Crippen LogP contribution in [0.15, 0.2) is 47.6 Å². The molecule has 1 heterocycles. The third-order valence-corrected chi connectivity index (χ3v) is 5.50. The first-order valence-corrected chi connectivity index (χ1v) is 10.0. The van der Waals surface area contributed by atoms with Crippen LogP contribution in [0.4, 0.5) is 0 Å². The van der Waals surface area contributed by atoms with Crippen LogP contribution in [-0.4, -0.2) is 20.7 Å². The van der Waals surface area contributed by atoms with Crippen molar-refractivity contribution in [3.8, 4) is 5.69 Å². The van der Waals surface area contributed by atoms with E-state index in [4.69, 9.17) is 23.2 Å². The summed E-state index contributed by atoms with van der Waals surface area (Å²) in [6.07, 6.45) is 0. The van der Waals surface area contributed by atoms with Crippen molar-refractivity contribution < 1.29 is 4.79 Å². The molecule has 0 atom stereocenters. The number of aromatic nitrogens is 3. The Balaban J connectivity index is 1.97. The van der Waals surface area contributed by atoms with Gasteiger partial charge in [-0.05, 0) is 36.2 Å². The fourth-order valence-corrected chi connectivity index (χ4v) is 3.93. The summed E-state index contributed by atoms with van der Waals surface area (Å²) in [5.74, 6) is 1.18. The molecule has 1 N–H and O–H groups in total. The number of nitrogens with one attached hydrogen (secondary N) is 1. The van der Waals surface area contributed by atoms with Gasteiger partial charge in [0.15, 0.2) is 11.0 Å². The van der Waals surface area contributed by atoms with Gasteiger partial charge in [-0.1, -0.05) is 59.2 Å². The van der Waals surface area contributed by atoms with E-state index in [0.29, 0.717) is 26.7 Å². The molecule has 0 unspecified atom stereocenters. The second-order valence-electron chi connectivity index (χ2n) is 5.95. The predicted molar refractivity (Wildman–Crippen MR) is 110 cm³/mol. The van der Waals surface area contributed by atoms with Crippen molar-refractivity contribution in [1.82, 2.24) is 20.1 Å². The van der Waals surface area contributed by atoms with E-state index in [2.05, 4.69) is 34.6 Å². The molecule has 0 aliphatic carbocycles. The van der Waals surface area contributed by atoms with E-state index in [1.165, 1.54) is 18.1 Å². The van der Waals surface area contributed by atoms with Gasteiger partial charge < -0.3 is 5.32 Å². The monoisotopic (exact) mass is 420 g/mol. The second kappa shape index (κ2) is 8.78. The maximum Gasteiger partial charge on any atom is 0.217 e. The van der Waals surface area contributed by atoms with Crippen LogP contribution >= 0.6 is 35.0 Å². The highest BCUT2D eigenvalue weighted by atomic mass is 35.5. The summed E-state index contributed by atoms with van der Waals surface area (Å²) in [4.78, 5) is 11.3. The first-order valence-electron chi connectivity index (χ1n) is 8.27. The molecule has 0 saturated heterocycles. The molecule has 0 radical (unpaired) electrons. The zero-order chi connectivity index (χ0) is 19.4. The Labute approximate surface area is 172 Å². The van der Waals surface area contributed by atoms with E-state index in [-0.39, 0.29) is 12.5 Å². The molecular formula is C19H18Cl2N4OS. The van der Waals surface area contributed by atoms with Crippen LogP contribution in [0.25, 0.3) is 5.69 Å². The summed E-state index contributed by atoms with van der Waals surface area (Å²) in [7, 11) is 0. The fraction of sp³-hybridized carbons (Fsp3) is 0.211. The molecule has 8 heteroatoms. The van der Waals surface area contributed by atoms with Gasteiger partial charge in [-0.15, -0.1) is 10.2 Å². The number of carbonyl (C=O) groups excluding carboxylic acids is 1. The molecule has 1 amide bonds. The zero-order valence-electron chi connectivity index (χ0n) is 14.9. The van der Waals surface area contributed by atoms with Gasteiger partial charge in [0.05, 0.1) is 17.3 Å². The largest absolute Gasteiger partial charge is 0.349 e. The molecule has 3 aromatic rings. The first kappa shape index (κ1) is 19.7. The number of aryl methyl sites for hydroxylation is 1. The molecule has 0 fully saturated rings. The third-order valence-electron chi connectivity index (χ3n) is 3.96. The summed E-state index contributed by atoms with van der Waals surface area (Å²) in [5.41, 5.74) is 3.12. The average Bonchev–Trinajstić information content (AvgIpc) is 3.04. The molecule has 0 bridgehead atoms. The van der Waals surface area contributed by atoms with Crippen LogP contribution in [0.2, 0.25) is 10.0 Å². The molecule has 1 aromatic heterocycles. The molecule has 0 aliphatic heterocycles. The topological polar surface area (TPSA) is 59.8 Å². The van der Waals surface area contributed by atoms with Crippen molar-refractivity contribution in [2.75, 3.05) is 0 Å². The lowest BCUT2D eigenvalue weighted by Gasteiger charge is -2.13. The molecular weight excluding hydrogens is 403 g/mol. The van der Waals surface area contributed by atoms with Crippen molar-refractivity contribution in [1.29, 1.82) is 0 Å². The average molecular weight is 421 g/mol. The zero-order valence-corrected chi connectivity index (χ0v) is 17.2. The number of hydrogen-bond acceptors (Lipinski definition) is 4. The summed E-state index contributed by atoms with van der Waals surface area (Å²) in [5, 5.41) is 13.1. The number of hydrogen-bond donors (Lipinski definition) is 1. The molecule has 0 aliphatic rings. The van der Waals surface area contributed by atoms with Crippen molar-refractivity contribution >= 4 is 40.9 Å². The lowest BCUT2D eigenvalue weighted by Crippen LogP contribution is -2.21. The predicted octanol–water partition coefficient (Wildman–Crippen LogP) is 4.81. The number of thioether (sulfide) groups is 1. The van der Waals surface area contributed by atoms with Gasteiger partial charge in [-0.2, -0.15) is 0 Å². The Bertz CT molecular complexity index is 974. The van der Waals surface area contributed by atoms with Gasteiger partial charge in [-0.3, -0.25) is 9.36 Å². The number of halogens is 2. The van der Waals surface area contributed by atoms with E-state index in [0.717, 1.165) is 5.75 Å². The normalized spacial score (nSPS) is 10.8. The minimum atomic E-state index is -0.143. The Hall–Kier alpha value is -2.02. The van der Waals surface area contributed by atoms with Gasteiger partial charge >= 0.3 is 0 Å². The van der Waals surface area contributed by atoms with Gasteiger partial charge in [0.25, 0.3) is 0 Å². The van der Waals surface area contributed by atoms with Crippen molar-refractivity contribution in [2.24, 2.45) is 0 Å². The van der Waals surface area contributed by atoms with Crippen molar-refractivity contribution in [3.05, 3.63) is 69.5 Å². The van der Waals surface area contributed by atoms with Crippen LogP contribution in [0.1, 0.15) is 23.9 Å². The van der Waals surface area contributed by atoms with Crippen LogP contribution in [0, 0.1) is 6.92 Å². The van der Waals surface area contributed by atoms with E-state index in [9.17, 15) is 4.79 Å². The maximum atomic E-state index is 11.3. The summed E-state index contributed by atoms with van der Waals surface area (Å²) in [6.45, 7) is 3.79.